The van der Waals surface area contributed by atoms with Crippen LogP contribution in [0.2, 0.25) is 5.02 Å². The fourth-order valence-electron chi connectivity index (χ4n) is 2.63. The first-order chi connectivity index (χ1) is 9.65. The van der Waals surface area contributed by atoms with E-state index in [1.165, 1.54) is 37.0 Å². The van der Waals surface area contributed by atoms with Crippen LogP contribution in [0.3, 0.4) is 0 Å². The Kier molecular flexibility index (Phi) is 3.77. The molecule has 2 aromatic carbocycles. The molecule has 0 aliphatic heterocycles. The van der Waals surface area contributed by atoms with Crippen molar-refractivity contribution >= 4 is 11.6 Å². The van der Waals surface area contributed by atoms with Crippen molar-refractivity contribution in [2.24, 2.45) is 0 Å². The monoisotopic (exact) mass is 290 g/mol. The van der Waals surface area contributed by atoms with Gasteiger partial charge < -0.3 is 5.11 Å². The maximum atomic E-state index is 13.1. The second-order valence-electron chi connectivity index (χ2n) is 5.37. The van der Waals surface area contributed by atoms with Crippen molar-refractivity contribution in [3.63, 3.8) is 0 Å². The second-order valence-corrected chi connectivity index (χ2v) is 5.77. The predicted molar refractivity (Wildman–Crippen MR) is 78.5 cm³/mol. The van der Waals surface area contributed by atoms with Gasteiger partial charge in [0.2, 0.25) is 0 Å². The summed E-state index contributed by atoms with van der Waals surface area (Å²) in [6, 6.07) is 12.1. The third-order valence-corrected chi connectivity index (χ3v) is 4.39. The second kappa shape index (κ2) is 5.55. The summed E-state index contributed by atoms with van der Waals surface area (Å²) in [6.07, 6.45) is 2.90. The normalized spacial score (nSPS) is 16.8. The highest BCUT2D eigenvalue weighted by atomic mass is 35.5. The van der Waals surface area contributed by atoms with Gasteiger partial charge in [-0.05, 0) is 42.0 Å². The zero-order valence-electron chi connectivity index (χ0n) is 11.0. The van der Waals surface area contributed by atoms with Gasteiger partial charge in [0.15, 0.2) is 0 Å². The van der Waals surface area contributed by atoms with Gasteiger partial charge in [-0.3, -0.25) is 0 Å². The number of rotatable bonds is 3. The summed E-state index contributed by atoms with van der Waals surface area (Å²) in [6.45, 7) is 0. The maximum Gasteiger partial charge on any atom is 0.124 e. The van der Waals surface area contributed by atoms with Crippen molar-refractivity contribution < 1.29 is 9.50 Å². The largest absolute Gasteiger partial charge is 0.384 e. The predicted octanol–water partition coefficient (Wildman–Crippen LogP) is 4.83. The van der Waals surface area contributed by atoms with Crippen LogP contribution >= 0.6 is 11.6 Å². The van der Waals surface area contributed by atoms with Crippen LogP contribution in [0, 0.1) is 5.82 Å². The van der Waals surface area contributed by atoms with E-state index < -0.39 is 11.9 Å². The van der Waals surface area contributed by atoms with Gasteiger partial charge in [0, 0.05) is 10.6 Å². The van der Waals surface area contributed by atoms with Crippen molar-refractivity contribution in [2.75, 3.05) is 0 Å². The molecule has 0 spiro atoms. The number of benzene rings is 2. The molecule has 20 heavy (non-hydrogen) atoms. The van der Waals surface area contributed by atoms with Crippen LogP contribution in [0.25, 0.3) is 0 Å². The molecule has 2 aromatic rings. The molecule has 0 saturated heterocycles. The number of halogens is 2. The summed E-state index contributed by atoms with van der Waals surface area (Å²) in [7, 11) is 0. The lowest BCUT2D eigenvalue weighted by Gasteiger charge is -2.26. The minimum Gasteiger partial charge on any atom is -0.384 e. The summed E-state index contributed by atoms with van der Waals surface area (Å²) in [5, 5.41) is 10.7. The summed E-state index contributed by atoms with van der Waals surface area (Å²) < 4.78 is 13.1. The van der Waals surface area contributed by atoms with Crippen molar-refractivity contribution in [1.29, 1.82) is 0 Å². The fraction of sp³-hybridized carbons (Fsp3) is 0.294. The van der Waals surface area contributed by atoms with Gasteiger partial charge in [0.05, 0.1) is 0 Å². The molecule has 0 radical (unpaired) electrons. The van der Waals surface area contributed by atoms with Crippen LogP contribution in [-0.4, -0.2) is 5.11 Å². The molecule has 1 unspecified atom stereocenters. The zero-order chi connectivity index (χ0) is 14.1. The Morgan fingerprint density at radius 1 is 1.15 bits per heavy atom. The lowest BCUT2D eigenvalue weighted by atomic mass is 9.79. The Bertz CT molecular complexity index is 622. The smallest absolute Gasteiger partial charge is 0.124 e. The molecule has 104 valence electrons. The van der Waals surface area contributed by atoms with Crippen LogP contribution in [0.1, 0.15) is 48.0 Å². The Labute approximate surface area is 123 Å². The van der Waals surface area contributed by atoms with E-state index in [0.717, 1.165) is 5.56 Å². The first kappa shape index (κ1) is 13.6. The van der Waals surface area contributed by atoms with Crippen molar-refractivity contribution in [2.45, 2.75) is 31.3 Å². The van der Waals surface area contributed by atoms with Crippen LogP contribution in [-0.2, 0) is 0 Å². The van der Waals surface area contributed by atoms with Gasteiger partial charge >= 0.3 is 0 Å². The van der Waals surface area contributed by atoms with E-state index in [4.69, 9.17) is 11.6 Å². The minimum atomic E-state index is -0.817. The van der Waals surface area contributed by atoms with E-state index in [0.29, 0.717) is 11.5 Å². The fourth-order valence-corrected chi connectivity index (χ4v) is 2.90. The Morgan fingerprint density at radius 3 is 2.60 bits per heavy atom. The Morgan fingerprint density at radius 2 is 1.95 bits per heavy atom. The molecular weight excluding hydrogens is 275 g/mol. The highest BCUT2D eigenvalue weighted by Crippen LogP contribution is 2.38. The van der Waals surface area contributed by atoms with Crippen molar-refractivity contribution in [3.8, 4) is 0 Å². The van der Waals surface area contributed by atoms with E-state index in [9.17, 15) is 9.50 Å². The first-order valence-electron chi connectivity index (χ1n) is 6.88. The third-order valence-electron chi connectivity index (χ3n) is 4.06. The standard InChI is InChI=1S/C17H16ClFO/c18-16-10-14(19)7-8-15(16)17(20)13-6-2-5-12(9-13)11-3-1-4-11/h2,5-11,17,20H,1,3-4H2. The summed E-state index contributed by atoms with van der Waals surface area (Å²) in [4.78, 5) is 0. The van der Waals surface area contributed by atoms with Crippen LogP contribution in [0.4, 0.5) is 4.39 Å². The summed E-state index contributed by atoms with van der Waals surface area (Å²) >= 11 is 6.02. The zero-order valence-corrected chi connectivity index (χ0v) is 11.8. The molecule has 0 heterocycles. The molecule has 3 heteroatoms. The quantitative estimate of drug-likeness (QED) is 0.858. The lowest BCUT2D eigenvalue weighted by Crippen LogP contribution is -2.09. The van der Waals surface area contributed by atoms with Gasteiger partial charge in [-0.25, -0.2) is 4.39 Å². The Hall–Kier alpha value is -1.38. The molecule has 0 aromatic heterocycles. The van der Waals surface area contributed by atoms with Gasteiger partial charge in [-0.2, -0.15) is 0 Å². The van der Waals surface area contributed by atoms with Crippen molar-refractivity contribution in [3.05, 3.63) is 70.0 Å². The average molecular weight is 291 g/mol. The Balaban J connectivity index is 1.91. The molecule has 1 fully saturated rings. The molecule has 0 bridgehead atoms. The van der Waals surface area contributed by atoms with Crippen LogP contribution in [0.15, 0.2) is 42.5 Å². The molecule has 0 amide bonds. The number of hydrogen-bond donors (Lipinski definition) is 1. The highest BCUT2D eigenvalue weighted by molar-refractivity contribution is 6.31. The number of hydrogen-bond acceptors (Lipinski definition) is 1. The van der Waals surface area contributed by atoms with E-state index in [1.54, 1.807) is 6.07 Å². The molecule has 1 aliphatic carbocycles. The topological polar surface area (TPSA) is 20.2 Å². The van der Waals surface area contributed by atoms with Gasteiger partial charge in [0.1, 0.15) is 11.9 Å². The van der Waals surface area contributed by atoms with Gasteiger partial charge in [0.25, 0.3) is 0 Å². The summed E-state index contributed by atoms with van der Waals surface area (Å²) in [5.74, 6) is 0.222. The molecule has 1 N–H and O–H groups in total. The van der Waals surface area contributed by atoms with E-state index in [2.05, 4.69) is 6.07 Å². The molecular formula is C17H16ClFO. The maximum absolute atomic E-state index is 13.1. The molecule has 3 rings (SSSR count). The van der Waals surface area contributed by atoms with Gasteiger partial charge in [-0.1, -0.05) is 48.4 Å². The SMILES string of the molecule is OC(c1cccc(C2CCC2)c1)c1ccc(F)cc1Cl. The number of aliphatic hydroxyl groups is 1. The molecule has 1 aliphatic rings. The van der Waals surface area contributed by atoms with E-state index >= 15 is 0 Å². The van der Waals surface area contributed by atoms with E-state index in [-0.39, 0.29) is 5.02 Å². The molecule has 1 nitrogen and oxygen atoms in total. The van der Waals surface area contributed by atoms with Gasteiger partial charge in [-0.15, -0.1) is 0 Å². The average Bonchev–Trinajstić information content (AvgIpc) is 2.36. The highest BCUT2D eigenvalue weighted by Gasteiger charge is 2.21. The van der Waals surface area contributed by atoms with E-state index in [1.807, 2.05) is 18.2 Å². The lowest BCUT2D eigenvalue weighted by molar-refractivity contribution is 0.220. The van der Waals surface area contributed by atoms with Crippen molar-refractivity contribution in [1.82, 2.24) is 0 Å². The molecule has 1 atom stereocenters. The molecule has 1 saturated carbocycles. The van der Waals surface area contributed by atoms with Crippen LogP contribution in [0.5, 0.6) is 0 Å². The van der Waals surface area contributed by atoms with Crippen LogP contribution < -0.4 is 0 Å². The number of aliphatic hydroxyl groups excluding tert-OH is 1. The summed E-state index contributed by atoms with van der Waals surface area (Å²) in [5.41, 5.74) is 2.62. The first-order valence-corrected chi connectivity index (χ1v) is 7.26. The minimum absolute atomic E-state index is 0.256. The third kappa shape index (κ3) is 2.58.